The zero-order valence-corrected chi connectivity index (χ0v) is 16.0. The van der Waals surface area contributed by atoms with Crippen LogP contribution in [0.15, 0.2) is 42.1 Å². The molecule has 0 N–H and O–H groups in total. The number of hydrogen-bond donors (Lipinski definition) is 0. The van der Waals surface area contributed by atoms with Gasteiger partial charge in [-0.3, -0.25) is 9.36 Å². The fourth-order valence-corrected chi connectivity index (χ4v) is 3.78. The summed E-state index contributed by atoms with van der Waals surface area (Å²) in [6, 6.07) is 6.23. The molecule has 27 heavy (non-hydrogen) atoms. The molecule has 1 aromatic heterocycles. The van der Waals surface area contributed by atoms with Crippen molar-refractivity contribution in [1.29, 1.82) is 0 Å². The molecule has 144 valence electrons. The number of likely N-dealkylation sites (tertiary alicyclic amines) is 1. The number of allylic oxidation sites excluding steroid dienone is 1. The van der Waals surface area contributed by atoms with Crippen LogP contribution < -0.4 is 4.74 Å². The number of rotatable bonds is 8. The molecular formula is C19H23FN4O2S. The lowest BCUT2D eigenvalue weighted by atomic mass is 10.1. The average molecular weight is 390 g/mol. The number of carbonyl (C=O) groups excluding carboxylic acids is 1. The van der Waals surface area contributed by atoms with Crippen LogP contribution in [0.3, 0.4) is 0 Å². The maximum atomic E-state index is 13.7. The van der Waals surface area contributed by atoms with Gasteiger partial charge in [0.15, 0.2) is 22.5 Å². The third-order valence-corrected chi connectivity index (χ3v) is 5.28. The molecule has 1 amide bonds. The molecule has 1 aromatic carbocycles. The number of hydrogen-bond acceptors (Lipinski definition) is 5. The minimum absolute atomic E-state index is 0.0857. The molecule has 8 heteroatoms. The standard InChI is InChI=1S/C19H23FN4O2S/c1-2-10-24-17(13-26-16-9-5-4-8-15(16)20)21-22-19(24)27-14-18(25)23-11-6-3-7-12-23/h2,4-5,8-9H,1,3,6-7,10-14H2. The second kappa shape index (κ2) is 9.55. The Labute approximate surface area is 162 Å². The van der Waals surface area contributed by atoms with E-state index in [0.717, 1.165) is 25.9 Å². The molecule has 0 radical (unpaired) electrons. The van der Waals surface area contributed by atoms with E-state index in [1.165, 1.54) is 24.2 Å². The Kier molecular flexibility index (Phi) is 6.86. The van der Waals surface area contributed by atoms with Crippen molar-refractivity contribution in [3.05, 3.63) is 48.6 Å². The molecular weight excluding hydrogens is 367 g/mol. The van der Waals surface area contributed by atoms with Crippen LogP contribution in [-0.4, -0.2) is 44.4 Å². The number of thioether (sulfide) groups is 1. The molecule has 1 fully saturated rings. The number of para-hydroxylation sites is 1. The maximum Gasteiger partial charge on any atom is 0.233 e. The zero-order chi connectivity index (χ0) is 19.1. The lowest BCUT2D eigenvalue weighted by Crippen LogP contribution is -2.36. The fraction of sp³-hybridized carbons (Fsp3) is 0.421. The predicted molar refractivity (Wildman–Crippen MR) is 102 cm³/mol. The SMILES string of the molecule is C=CCn1c(COc2ccccc2F)nnc1SCC(=O)N1CCCCC1. The van der Waals surface area contributed by atoms with Gasteiger partial charge in [-0.25, -0.2) is 4.39 Å². The number of ether oxygens (including phenoxy) is 1. The van der Waals surface area contributed by atoms with Gasteiger partial charge in [-0.2, -0.15) is 0 Å². The van der Waals surface area contributed by atoms with Crippen molar-refractivity contribution in [2.45, 2.75) is 37.6 Å². The number of benzene rings is 1. The molecule has 0 unspecified atom stereocenters. The number of carbonyl (C=O) groups is 1. The molecule has 0 atom stereocenters. The van der Waals surface area contributed by atoms with E-state index in [1.54, 1.807) is 24.3 Å². The van der Waals surface area contributed by atoms with E-state index in [-0.39, 0.29) is 18.3 Å². The van der Waals surface area contributed by atoms with Gasteiger partial charge in [0, 0.05) is 19.6 Å². The molecule has 1 aliphatic heterocycles. The number of halogens is 1. The van der Waals surface area contributed by atoms with Crippen LogP contribution in [-0.2, 0) is 17.9 Å². The molecule has 0 bridgehead atoms. The summed E-state index contributed by atoms with van der Waals surface area (Å²) >= 11 is 1.36. The van der Waals surface area contributed by atoms with E-state index in [2.05, 4.69) is 16.8 Å². The van der Waals surface area contributed by atoms with Gasteiger partial charge in [0.1, 0.15) is 6.61 Å². The summed E-state index contributed by atoms with van der Waals surface area (Å²) in [5, 5.41) is 8.94. The van der Waals surface area contributed by atoms with Crippen molar-refractivity contribution in [3.63, 3.8) is 0 Å². The largest absolute Gasteiger partial charge is 0.483 e. The Bertz CT molecular complexity index is 790. The zero-order valence-electron chi connectivity index (χ0n) is 15.1. The van der Waals surface area contributed by atoms with E-state index in [1.807, 2.05) is 9.47 Å². The summed E-state index contributed by atoms with van der Waals surface area (Å²) in [6.07, 6.45) is 5.06. The first-order valence-corrected chi connectivity index (χ1v) is 9.98. The van der Waals surface area contributed by atoms with Gasteiger partial charge in [-0.15, -0.1) is 16.8 Å². The Morgan fingerprint density at radius 3 is 2.78 bits per heavy atom. The van der Waals surface area contributed by atoms with E-state index in [4.69, 9.17) is 4.74 Å². The molecule has 3 rings (SSSR count). The van der Waals surface area contributed by atoms with Crippen LogP contribution in [0.5, 0.6) is 5.75 Å². The first-order chi connectivity index (χ1) is 13.2. The van der Waals surface area contributed by atoms with E-state index < -0.39 is 5.82 Å². The predicted octanol–water partition coefficient (Wildman–Crippen LogP) is 3.29. The Hall–Kier alpha value is -2.35. The molecule has 0 spiro atoms. The van der Waals surface area contributed by atoms with Crippen molar-refractivity contribution in [2.75, 3.05) is 18.8 Å². The number of aromatic nitrogens is 3. The van der Waals surface area contributed by atoms with Crippen LogP contribution in [0.1, 0.15) is 25.1 Å². The number of amides is 1. The lowest BCUT2D eigenvalue weighted by molar-refractivity contribution is -0.129. The van der Waals surface area contributed by atoms with Crippen LogP contribution in [0.4, 0.5) is 4.39 Å². The van der Waals surface area contributed by atoms with Gasteiger partial charge in [0.05, 0.1) is 5.75 Å². The van der Waals surface area contributed by atoms with E-state index in [9.17, 15) is 9.18 Å². The Balaban J connectivity index is 1.63. The van der Waals surface area contributed by atoms with Crippen LogP contribution in [0.2, 0.25) is 0 Å². The van der Waals surface area contributed by atoms with Gasteiger partial charge in [0.25, 0.3) is 0 Å². The van der Waals surface area contributed by atoms with Gasteiger partial charge >= 0.3 is 0 Å². The van der Waals surface area contributed by atoms with Crippen LogP contribution in [0.25, 0.3) is 0 Å². The smallest absolute Gasteiger partial charge is 0.233 e. The summed E-state index contributed by atoms with van der Waals surface area (Å²) < 4.78 is 21.1. The summed E-state index contributed by atoms with van der Waals surface area (Å²) in [4.78, 5) is 14.3. The van der Waals surface area contributed by atoms with Crippen molar-refractivity contribution in [1.82, 2.24) is 19.7 Å². The topological polar surface area (TPSA) is 60.2 Å². The van der Waals surface area contributed by atoms with E-state index in [0.29, 0.717) is 23.3 Å². The normalized spacial score (nSPS) is 14.2. The third-order valence-electron chi connectivity index (χ3n) is 4.33. The quantitative estimate of drug-likeness (QED) is 0.511. The summed E-state index contributed by atoms with van der Waals surface area (Å²) in [6.45, 7) is 6.00. The minimum atomic E-state index is -0.422. The van der Waals surface area contributed by atoms with Gasteiger partial charge in [-0.05, 0) is 31.4 Å². The lowest BCUT2D eigenvalue weighted by Gasteiger charge is -2.26. The number of nitrogens with zero attached hydrogens (tertiary/aromatic N) is 4. The van der Waals surface area contributed by atoms with Crippen LogP contribution in [0, 0.1) is 5.82 Å². The second-order valence-electron chi connectivity index (χ2n) is 6.25. The first kappa shape index (κ1) is 19.4. The van der Waals surface area contributed by atoms with E-state index >= 15 is 0 Å². The highest BCUT2D eigenvalue weighted by molar-refractivity contribution is 7.99. The Morgan fingerprint density at radius 2 is 2.04 bits per heavy atom. The monoisotopic (exact) mass is 390 g/mol. The third kappa shape index (κ3) is 5.09. The first-order valence-electron chi connectivity index (χ1n) is 9.00. The molecule has 1 saturated heterocycles. The molecule has 1 aliphatic rings. The van der Waals surface area contributed by atoms with Gasteiger partial charge < -0.3 is 9.64 Å². The van der Waals surface area contributed by atoms with Crippen molar-refractivity contribution >= 4 is 17.7 Å². The molecule has 2 aromatic rings. The van der Waals surface area contributed by atoms with Crippen molar-refractivity contribution in [3.8, 4) is 5.75 Å². The van der Waals surface area contributed by atoms with Crippen LogP contribution >= 0.6 is 11.8 Å². The highest BCUT2D eigenvalue weighted by atomic mass is 32.2. The summed E-state index contributed by atoms with van der Waals surface area (Å²) in [7, 11) is 0. The number of piperidine rings is 1. The fourth-order valence-electron chi connectivity index (χ4n) is 2.91. The second-order valence-corrected chi connectivity index (χ2v) is 7.19. The highest BCUT2D eigenvalue weighted by Gasteiger charge is 2.19. The Morgan fingerprint density at radius 1 is 1.26 bits per heavy atom. The molecule has 0 aliphatic carbocycles. The maximum absolute atomic E-state index is 13.7. The minimum Gasteiger partial charge on any atom is -0.483 e. The summed E-state index contributed by atoms with van der Waals surface area (Å²) in [5.74, 6) is 0.751. The van der Waals surface area contributed by atoms with Gasteiger partial charge in [-0.1, -0.05) is 30.0 Å². The van der Waals surface area contributed by atoms with Gasteiger partial charge in [0.2, 0.25) is 5.91 Å². The van der Waals surface area contributed by atoms with Crippen molar-refractivity contribution in [2.24, 2.45) is 0 Å². The molecule has 6 nitrogen and oxygen atoms in total. The molecule has 0 saturated carbocycles. The average Bonchev–Trinajstić information content (AvgIpc) is 3.08. The highest BCUT2D eigenvalue weighted by Crippen LogP contribution is 2.21. The summed E-state index contributed by atoms with van der Waals surface area (Å²) in [5.41, 5.74) is 0. The molecule has 2 heterocycles. The van der Waals surface area contributed by atoms with Crippen molar-refractivity contribution < 1.29 is 13.9 Å².